The van der Waals surface area contributed by atoms with Gasteiger partial charge in [-0.15, -0.1) is 11.3 Å². The first-order valence-electron chi connectivity index (χ1n) is 9.37. The van der Waals surface area contributed by atoms with Crippen molar-refractivity contribution < 1.29 is 23.7 Å². The van der Waals surface area contributed by atoms with Crippen molar-refractivity contribution in [3.8, 4) is 34.3 Å². The Kier molecular flexibility index (Phi) is 7.75. The van der Waals surface area contributed by atoms with Crippen LogP contribution in [0.3, 0.4) is 0 Å². The second kappa shape index (κ2) is 10.5. The monoisotopic (exact) mass is 506 g/mol. The topological polar surface area (TPSA) is 78.9 Å². The minimum absolute atomic E-state index is 0.252. The Labute approximate surface area is 193 Å². The van der Waals surface area contributed by atoms with Gasteiger partial charge in [0.25, 0.3) is 5.91 Å². The number of ether oxygens (including phenoxy) is 4. The average Bonchev–Trinajstić information content (AvgIpc) is 3.27. The molecule has 7 nitrogen and oxygen atoms in total. The molecule has 0 saturated carbocycles. The molecule has 0 bridgehead atoms. The molecule has 0 spiro atoms. The van der Waals surface area contributed by atoms with Gasteiger partial charge in [0.2, 0.25) is 5.75 Å². The van der Waals surface area contributed by atoms with Crippen LogP contribution in [0.1, 0.15) is 15.4 Å². The van der Waals surface area contributed by atoms with Gasteiger partial charge in [0, 0.05) is 23.9 Å². The molecule has 0 atom stereocenters. The molecule has 0 aliphatic heterocycles. The van der Waals surface area contributed by atoms with Crippen LogP contribution in [0.15, 0.2) is 40.2 Å². The molecular weight excluding hydrogens is 484 g/mol. The number of methoxy groups -OCH3 is 4. The number of carbonyl (C=O) groups excluding carboxylic acids is 1. The van der Waals surface area contributed by atoms with Crippen molar-refractivity contribution in [1.29, 1.82) is 0 Å². The molecule has 1 amide bonds. The number of rotatable bonds is 9. The number of hydrogen-bond acceptors (Lipinski definition) is 7. The third-order valence-corrected chi connectivity index (χ3v) is 6.27. The summed E-state index contributed by atoms with van der Waals surface area (Å²) in [5.74, 6) is 1.79. The minimum atomic E-state index is -0.252. The smallest absolute Gasteiger partial charge is 0.252 e. The number of nitrogens with zero attached hydrogens (tertiary/aromatic N) is 1. The lowest BCUT2D eigenvalue weighted by Crippen LogP contribution is -2.26. The third kappa shape index (κ3) is 5.11. The highest BCUT2D eigenvalue weighted by atomic mass is 79.9. The zero-order chi connectivity index (χ0) is 22.4. The molecule has 0 aliphatic carbocycles. The van der Waals surface area contributed by atoms with Gasteiger partial charge in [-0.3, -0.25) is 4.79 Å². The maximum Gasteiger partial charge on any atom is 0.252 e. The van der Waals surface area contributed by atoms with Gasteiger partial charge in [0.15, 0.2) is 11.5 Å². The highest BCUT2D eigenvalue weighted by Crippen LogP contribution is 2.44. The van der Waals surface area contributed by atoms with E-state index in [1.807, 2.05) is 29.6 Å². The van der Waals surface area contributed by atoms with Gasteiger partial charge in [-0.2, -0.15) is 0 Å². The lowest BCUT2D eigenvalue weighted by Gasteiger charge is -2.16. The number of carbonyl (C=O) groups is 1. The van der Waals surface area contributed by atoms with Crippen molar-refractivity contribution in [2.24, 2.45) is 0 Å². The predicted molar refractivity (Wildman–Crippen MR) is 124 cm³/mol. The molecular formula is C22H23BrN2O5S. The summed E-state index contributed by atoms with van der Waals surface area (Å²) < 4.78 is 21.7. The molecule has 2 aromatic carbocycles. The van der Waals surface area contributed by atoms with Gasteiger partial charge in [0.1, 0.15) is 5.75 Å². The van der Waals surface area contributed by atoms with Crippen LogP contribution in [0.25, 0.3) is 11.3 Å². The lowest BCUT2D eigenvalue weighted by molar-refractivity contribution is 0.0952. The molecule has 0 radical (unpaired) electrons. The standard InChI is InChI=1S/C22H23BrN2O5S/c1-27-14-7-5-13(6-8-14)16-12-31-18(25-16)9-10-24-22(26)15-11-17(28-2)20(29-3)21(30-4)19(15)23/h5-8,11-12H,9-10H2,1-4H3,(H,24,26). The summed E-state index contributed by atoms with van der Waals surface area (Å²) in [6, 6.07) is 9.38. The molecule has 9 heteroatoms. The summed E-state index contributed by atoms with van der Waals surface area (Å²) in [5.41, 5.74) is 2.32. The van der Waals surface area contributed by atoms with Gasteiger partial charge in [0.05, 0.1) is 49.2 Å². The van der Waals surface area contributed by atoms with Gasteiger partial charge in [-0.25, -0.2) is 4.98 Å². The SMILES string of the molecule is COc1ccc(-c2csc(CCNC(=O)c3cc(OC)c(OC)c(OC)c3Br)n2)cc1. The molecule has 0 aliphatic rings. The molecule has 1 N–H and O–H groups in total. The number of benzene rings is 2. The Hall–Kier alpha value is -2.78. The van der Waals surface area contributed by atoms with Crippen LogP contribution in [-0.4, -0.2) is 45.9 Å². The first-order chi connectivity index (χ1) is 15.0. The fourth-order valence-electron chi connectivity index (χ4n) is 2.98. The van der Waals surface area contributed by atoms with E-state index in [1.165, 1.54) is 21.3 Å². The fourth-order valence-corrected chi connectivity index (χ4v) is 4.43. The molecule has 0 saturated heterocycles. The predicted octanol–water partition coefficient (Wildman–Crippen LogP) is 4.58. The largest absolute Gasteiger partial charge is 0.497 e. The first-order valence-corrected chi connectivity index (χ1v) is 11.0. The van der Waals surface area contributed by atoms with E-state index < -0.39 is 0 Å². The van der Waals surface area contributed by atoms with Gasteiger partial charge < -0.3 is 24.3 Å². The maximum absolute atomic E-state index is 12.8. The third-order valence-electron chi connectivity index (χ3n) is 4.58. The van der Waals surface area contributed by atoms with Crippen molar-refractivity contribution in [2.75, 3.05) is 35.0 Å². The van der Waals surface area contributed by atoms with Gasteiger partial charge >= 0.3 is 0 Å². The average molecular weight is 507 g/mol. The summed E-state index contributed by atoms with van der Waals surface area (Å²) in [4.78, 5) is 17.4. The quantitative estimate of drug-likeness (QED) is 0.457. The van der Waals surface area contributed by atoms with Crippen molar-refractivity contribution >= 4 is 33.2 Å². The van der Waals surface area contributed by atoms with Crippen LogP contribution >= 0.6 is 27.3 Å². The van der Waals surface area contributed by atoms with E-state index in [9.17, 15) is 4.79 Å². The second-order valence-electron chi connectivity index (χ2n) is 6.37. The Bertz CT molecular complexity index is 1050. The van der Waals surface area contributed by atoms with Crippen LogP contribution in [0.5, 0.6) is 23.0 Å². The zero-order valence-electron chi connectivity index (χ0n) is 17.7. The molecule has 3 aromatic rings. The molecule has 0 unspecified atom stereocenters. The number of halogens is 1. The number of amides is 1. The summed E-state index contributed by atoms with van der Waals surface area (Å²) >= 11 is 5.00. The Morgan fingerprint density at radius 2 is 1.74 bits per heavy atom. The summed E-state index contributed by atoms with van der Waals surface area (Å²) in [5, 5.41) is 5.87. The maximum atomic E-state index is 12.8. The van der Waals surface area contributed by atoms with E-state index >= 15 is 0 Å². The Balaban J connectivity index is 1.66. The van der Waals surface area contributed by atoms with E-state index in [1.54, 1.807) is 24.5 Å². The number of nitrogens with one attached hydrogen (secondary N) is 1. The molecule has 31 heavy (non-hydrogen) atoms. The number of aromatic nitrogens is 1. The lowest BCUT2D eigenvalue weighted by atomic mass is 10.1. The van der Waals surface area contributed by atoms with Gasteiger partial charge in [-0.05, 0) is 46.3 Å². The first kappa shape index (κ1) is 22.9. The van der Waals surface area contributed by atoms with Crippen LogP contribution in [0, 0.1) is 0 Å². The second-order valence-corrected chi connectivity index (χ2v) is 8.10. The molecule has 1 aromatic heterocycles. The Morgan fingerprint density at radius 1 is 1.03 bits per heavy atom. The number of thiazole rings is 1. The van der Waals surface area contributed by atoms with Crippen LogP contribution in [0.4, 0.5) is 0 Å². The minimum Gasteiger partial charge on any atom is -0.497 e. The molecule has 164 valence electrons. The van der Waals surface area contributed by atoms with Crippen LogP contribution in [0.2, 0.25) is 0 Å². The van der Waals surface area contributed by atoms with E-state index in [2.05, 4.69) is 26.2 Å². The van der Waals surface area contributed by atoms with E-state index in [4.69, 9.17) is 18.9 Å². The highest BCUT2D eigenvalue weighted by Gasteiger charge is 2.22. The van der Waals surface area contributed by atoms with E-state index in [0.717, 1.165) is 22.0 Å². The summed E-state index contributed by atoms with van der Waals surface area (Å²) in [7, 11) is 6.17. The van der Waals surface area contributed by atoms with Crippen molar-refractivity contribution in [1.82, 2.24) is 10.3 Å². The van der Waals surface area contributed by atoms with Crippen molar-refractivity contribution in [3.63, 3.8) is 0 Å². The van der Waals surface area contributed by atoms with Crippen LogP contribution < -0.4 is 24.3 Å². The number of hydrogen-bond donors (Lipinski definition) is 1. The zero-order valence-corrected chi connectivity index (χ0v) is 20.1. The van der Waals surface area contributed by atoms with Crippen LogP contribution in [-0.2, 0) is 6.42 Å². The summed E-state index contributed by atoms with van der Waals surface area (Å²) in [6.07, 6.45) is 0.620. The molecule has 1 heterocycles. The van der Waals surface area contributed by atoms with Crippen molar-refractivity contribution in [3.05, 3.63) is 50.8 Å². The Morgan fingerprint density at radius 3 is 2.35 bits per heavy atom. The van der Waals surface area contributed by atoms with Crippen molar-refractivity contribution in [2.45, 2.75) is 6.42 Å². The molecule has 0 fully saturated rings. The summed E-state index contributed by atoms with van der Waals surface area (Å²) in [6.45, 7) is 0.442. The fraction of sp³-hybridized carbons (Fsp3) is 0.273. The van der Waals surface area contributed by atoms with Gasteiger partial charge in [-0.1, -0.05) is 0 Å². The van der Waals surface area contributed by atoms with E-state index in [0.29, 0.717) is 40.3 Å². The highest BCUT2D eigenvalue weighted by molar-refractivity contribution is 9.10. The normalized spacial score (nSPS) is 10.5. The molecule has 3 rings (SSSR count). The van der Waals surface area contributed by atoms with E-state index in [-0.39, 0.29) is 5.91 Å².